The Bertz CT molecular complexity index is 420. The highest BCUT2D eigenvalue weighted by molar-refractivity contribution is 5.84. The van der Waals surface area contributed by atoms with Crippen LogP contribution in [0.1, 0.15) is 25.8 Å². The molecule has 0 saturated carbocycles. The number of hydrogen-bond acceptors (Lipinski definition) is 3. The lowest BCUT2D eigenvalue weighted by Gasteiger charge is -2.15. The van der Waals surface area contributed by atoms with E-state index in [-0.39, 0.29) is 11.9 Å². The molecule has 0 spiro atoms. The highest BCUT2D eigenvalue weighted by atomic mass is 16.2. The second-order valence-electron chi connectivity index (χ2n) is 4.19. The van der Waals surface area contributed by atoms with Gasteiger partial charge in [-0.2, -0.15) is 5.26 Å². The van der Waals surface area contributed by atoms with Crippen LogP contribution in [0.3, 0.4) is 0 Å². The molecule has 18 heavy (non-hydrogen) atoms. The Balaban J connectivity index is 2.51. The summed E-state index contributed by atoms with van der Waals surface area (Å²) in [6.07, 6.45) is 1.34. The van der Waals surface area contributed by atoms with E-state index >= 15 is 0 Å². The Hall–Kier alpha value is -2.02. The van der Waals surface area contributed by atoms with E-state index in [9.17, 15) is 4.79 Å². The highest BCUT2D eigenvalue weighted by Crippen LogP contribution is 2.11. The molecule has 2 N–H and O–H groups in total. The van der Waals surface area contributed by atoms with Gasteiger partial charge in [-0.15, -0.1) is 0 Å². The molecular formula is C14H19N3O. The number of nitriles is 1. The smallest absolute Gasteiger partial charge is 0.242 e. The first-order valence-corrected chi connectivity index (χ1v) is 6.17. The van der Waals surface area contributed by atoms with Gasteiger partial charge in [0.1, 0.15) is 6.04 Å². The third-order valence-corrected chi connectivity index (χ3v) is 2.56. The van der Waals surface area contributed by atoms with Crippen molar-refractivity contribution < 1.29 is 4.79 Å². The van der Waals surface area contributed by atoms with Crippen molar-refractivity contribution in [2.75, 3.05) is 11.9 Å². The number of carbonyl (C=O) groups is 1. The van der Waals surface area contributed by atoms with Crippen LogP contribution in [0.5, 0.6) is 0 Å². The topological polar surface area (TPSA) is 64.9 Å². The quantitative estimate of drug-likeness (QED) is 0.806. The molecule has 1 aromatic rings. The second-order valence-corrected chi connectivity index (χ2v) is 4.19. The summed E-state index contributed by atoms with van der Waals surface area (Å²) >= 11 is 0. The van der Waals surface area contributed by atoms with Crippen molar-refractivity contribution >= 4 is 11.6 Å². The maximum absolute atomic E-state index is 11.7. The van der Waals surface area contributed by atoms with Crippen molar-refractivity contribution in [3.05, 3.63) is 29.8 Å². The first kappa shape index (κ1) is 14.0. The van der Waals surface area contributed by atoms with Gasteiger partial charge in [-0.3, -0.25) is 4.79 Å². The lowest BCUT2D eigenvalue weighted by atomic mass is 10.1. The van der Waals surface area contributed by atoms with Crippen LogP contribution in [0.25, 0.3) is 0 Å². The Kier molecular flexibility index (Phi) is 5.72. The molecular weight excluding hydrogens is 226 g/mol. The van der Waals surface area contributed by atoms with Gasteiger partial charge < -0.3 is 10.6 Å². The van der Waals surface area contributed by atoms with Gasteiger partial charge in [0, 0.05) is 12.2 Å². The molecule has 0 bridgehead atoms. The van der Waals surface area contributed by atoms with Gasteiger partial charge in [0.15, 0.2) is 0 Å². The summed E-state index contributed by atoms with van der Waals surface area (Å²) in [5.41, 5.74) is 1.86. The fraction of sp³-hybridized carbons (Fsp3) is 0.429. The fourth-order valence-electron chi connectivity index (χ4n) is 1.53. The van der Waals surface area contributed by atoms with Crippen molar-refractivity contribution in [1.29, 1.82) is 5.26 Å². The molecule has 4 nitrogen and oxygen atoms in total. The molecule has 96 valence electrons. The number of amides is 1. The Morgan fingerprint density at radius 3 is 2.61 bits per heavy atom. The monoisotopic (exact) mass is 245 g/mol. The molecule has 1 rings (SSSR count). The summed E-state index contributed by atoms with van der Waals surface area (Å²) < 4.78 is 0. The maximum atomic E-state index is 11.7. The minimum atomic E-state index is -0.265. The van der Waals surface area contributed by atoms with Crippen LogP contribution >= 0.6 is 0 Å². The summed E-state index contributed by atoms with van der Waals surface area (Å²) in [4.78, 5) is 11.7. The second kappa shape index (κ2) is 7.33. The van der Waals surface area contributed by atoms with E-state index in [4.69, 9.17) is 5.26 Å². The van der Waals surface area contributed by atoms with Gasteiger partial charge in [-0.25, -0.2) is 0 Å². The fourth-order valence-corrected chi connectivity index (χ4v) is 1.53. The molecule has 0 saturated heterocycles. The third kappa shape index (κ3) is 4.46. The molecule has 0 aliphatic heterocycles. The Labute approximate surface area is 108 Å². The molecule has 4 heteroatoms. The van der Waals surface area contributed by atoms with Crippen molar-refractivity contribution in [2.24, 2.45) is 0 Å². The highest BCUT2D eigenvalue weighted by Gasteiger charge is 2.11. The zero-order chi connectivity index (χ0) is 13.4. The number of hydrogen-bond donors (Lipinski definition) is 2. The van der Waals surface area contributed by atoms with E-state index < -0.39 is 0 Å². The largest absolute Gasteiger partial charge is 0.374 e. The summed E-state index contributed by atoms with van der Waals surface area (Å²) in [5.74, 6) is -0.00190. The number of rotatable bonds is 6. The zero-order valence-corrected chi connectivity index (χ0v) is 10.9. The summed E-state index contributed by atoms with van der Waals surface area (Å²) in [5, 5.41) is 14.5. The number of nitrogens with zero attached hydrogens (tertiary/aromatic N) is 1. The van der Waals surface area contributed by atoms with Crippen LogP contribution < -0.4 is 10.6 Å². The van der Waals surface area contributed by atoms with E-state index in [2.05, 4.69) is 16.7 Å². The average molecular weight is 245 g/mol. The van der Waals surface area contributed by atoms with Crippen molar-refractivity contribution in [3.63, 3.8) is 0 Å². The van der Waals surface area contributed by atoms with Gasteiger partial charge in [0.25, 0.3) is 0 Å². The van der Waals surface area contributed by atoms with Crippen LogP contribution in [0.2, 0.25) is 0 Å². The van der Waals surface area contributed by atoms with Crippen LogP contribution in [-0.4, -0.2) is 18.5 Å². The third-order valence-electron chi connectivity index (χ3n) is 2.56. The van der Waals surface area contributed by atoms with Crippen LogP contribution in [0.4, 0.5) is 5.69 Å². The van der Waals surface area contributed by atoms with E-state index in [0.717, 1.165) is 17.7 Å². The normalized spacial score (nSPS) is 11.4. The van der Waals surface area contributed by atoms with Crippen LogP contribution in [0.15, 0.2) is 24.3 Å². The minimum absolute atomic E-state index is 0.00190. The molecule has 0 aromatic heterocycles. The van der Waals surface area contributed by atoms with E-state index in [1.54, 1.807) is 0 Å². The lowest BCUT2D eigenvalue weighted by molar-refractivity contribution is -0.121. The lowest BCUT2D eigenvalue weighted by Crippen LogP contribution is -2.37. The molecule has 0 aliphatic carbocycles. The average Bonchev–Trinajstić information content (AvgIpc) is 2.38. The minimum Gasteiger partial charge on any atom is -0.374 e. The Morgan fingerprint density at radius 2 is 2.06 bits per heavy atom. The van der Waals surface area contributed by atoms with Crippen molar-refractivity contribution in [2.45, 2.75) is 32.7 Å². The molecule has 0 radical (unpaired) electrons. The maximum Gasteiger partial charge on any atom is 0.242 e. The SMILES string of the molecule is CCCNC(=O)C(C)Nc1ccc(CC#N)cc1. The van der Waals surface area contributed by atoms with Gasteiger partial charge in [0.2, 0.25) is 5.91 Å². The van der Waals surface area contributed by atoms with Gasteiger partial charge in [-0.05, 0) is 31.0 Å². The first-order valence-electron chi connectivity index (χ1n) is 6.17. The zero-order valence-electron chi connectivity index (χ0n) is 10.9. The van der Waals surface area contributed by atoms with Crippen molar-refractivity contribution in [1.82, 2.24) is 5.32 Å². The summed E-state index contributed by atoms with van der Waals surface area (Å²) in [6.45, 7) is 4.55. The number of benzene rings is 1. The summed E-state index contributed by atoms with van der Waals surface area (Å²) in [6, 6.07) is 9.39. The summed E-state index contributed by atoms with van der Waals surface area (Å²) in [7, 11) is 0. The predicted octanol–water partition coefficient (Wildman–Crippen LogP) is 2.08. The van der Waals surface area contributed by atoms with Crippen LogP contribution in [-0.2, 0) is 11.2 Å². The standard InChI is InChI=1S/C14H19N3O/c1-3-10-16-14(18)11(2)17-13-6-4-12(5-7-13)8-9-15/h4-7,11,17H,3,8,10H2,1-2H3,(H,16,18). The molecule has 1 aromatic carbocycles. The predicted molar refractivity (Wildman–Crippen MR) is 72.1 cm³/mol. The van der Waals surface area contributed by atoms with E-state index in [1.807, 2.05) is 38.1 Å². The Morgan fingerprint density at radius 1 is 1.39 bits per heavy atom. The van der Waals surface area contributed by atoms with Gasteiger partial charge >= 0.3 is 0 Å². The van der Waals surface area contributed by atoms with E-state index in [1.165, 1.54) is 0 Å². The van der Waals surface area contributed by atoms with E-state index in [0.29, 0.717) is 13.0 Å². The van der Waals surface area contributed by atoms with Crippen molar-refractivity contribution in [3.8, 4) is 6.07 Å². The number of anilines is 1. The molecule has 1 atom stereocenters. The first-order chi connectivity index (χ1) is 8.67. The number of nitrogens with one attached hydrogen (secondary N) is 2. The molecule has 1 amide bonds. The number of carbonyl (C=O) groups excluding carboxylic acids is 1. The molecule has 0 heterocycles. The van der Waals surface area contributed by atoms with Gasteiger partial charge in [0.05, 0.1) is 12.5 Å². The van der Waals surface area contributed by atoms with Crippen LogP contribution in [0, 0.1) is 11.3 Å². The molecule has 1 unspecified atom stereocenters. The van der Waals surface area contributed by atoms with Gasteiger partial charge in [-0.1, -0.05) is 19.1 Å². The molecule has 0 fully saturated rings. The molecule has 0 aliphatic rings.